The molecule has 23 heavy (non-hydrogen) atoms. The van der Waals surface area contributed by atoms with Gasteiger partial charge in [0.25, 0.3) is 11.8 Å². The van der Waals surface area contributed by atoms with E-state index in [-0.39, 0.29) is 12.5 Å². The second-order valence-corrected chi connectivity index (χ2v) is 5.25. The SMILES string of the molecule is O=C(O)CN1C(=O)COc2ccc(C(=O)N3CCOCC3)cc21. The molecule has 0 radical (unpaired) electrons. The van der Waals surface area contributed by atoms with Gasteiger partial charge >= 0.3 is 5.97 Å². The first kappa shape index (κ1) is 15.3. The minimum atomic E-state index is -1.13. The van der Waals surface area contributed by atoms with Crippen LogP contribution in [0.5, 0.6) is 5.75 Å². The van der Waals surface area contributed by atoms with Crippen LogP contribution in [-0.4, -0.2) is 67.2 Å². The Morgan fingerprint density at radius 2 is 1.96 bits per heavy atom. The molecule has 2 aliphatic heterocycles. The van der Waals surface area contributed by atoms with E-state index in [2.05, 4.69) is 0 Å². The maximum absolute atomic E-state index is 12.5. The first-order valence-corrected chi connectivity index (χ1v) is 7.22. The maximum Gasteiger partial charge on any atom is 0.323 e. The van der Waals surface area contributed by atoms with Crippen LogP contribution < -0.4 is 9.64 Å². The highest BCUT2D eigenvalue weighted by molar-refractivity contribution is 6.03. The molecule has 8 heteroatoms. The molecule has 8 nitrogen and oxygen atoms in total. The Bertz CT molecular complexity index is 653. The zero-order valence-electron chi connectivity index (χ0n) is 12.4. The molecule has 1 aromatic rings. The number of anilines is 1. The fraction of sp³-hybridized carbons (Fsp3) is 0.400. The van der Waals surface area contributed by atoms with Crippen LogP contribution in [0.15, 0.2) is 18.2 Å². The van der Waals surface area contributed by atoms with E-state index >= 15 is 0 Å². The molecule has 0 atom stereocenters. The number of carboxylic acids is 1. The number of aliphatic carboxylic acids is 1. The Morgan fingerprint density at radius 3 is 2.65 bits per heavy atom. The molecule has 0 aromatic heterocycles. The van der Waals surface area contributed by atoms with Gasteiger partial charge in [0.2, 0.25) is 0 Å². The van der Waals surface area contributed by atoms with E-state index < -0.39 is 18.4 Å². The van der Waals surface area contributed by atoms with Crippen LogP contribution in [0.2, 0.25) is 0 Å². The molecule has 3 rings (SSSR count). The summed E-state index contributed by atoms with van der Waals surface area (Å²) in [7, 11) is 0. The van der Waals surface area contributed by atoms with Gasteiger partial charge in [0, 0.05) is 18.7 Å². The largest absolute Gasteiger partial charge is 0.482 e. The van der Waals surface area contributed by atoms with Gasteiger partial charge in [-0.2, -0.15) is 0 Å². The van der Waals surface area contributed by atoms with Gasteiger partial charge in [0.1, 0.15) is 12.3 Å². The summed E-state index contributed by atoms with van der Waals surface area (Å²) < 4.78 is 10.5. The predicted octanol–water partition coefficient (Wildman–Crippen LogP) is -0.0310. The number of carbonyl (C=O) groups is 3. The average molecular weight is 320 g/mol. The molecule has 0 aliphatic carbocycles. The van der Waals surface area contributed by atoms with E-state index in [9.17, 15) is 14.4 Å². The van der Waals surface area contributed by atoms with E-state index in [0.717, 1.165) is 4.90 Å². The van der Waals surface area contributed by atoms with E-state index in [1.807, 2.05) is 0 Å². The van der Waals surface area contributed by atoms with Gasteiger partial charge in [-0.1, -0.05) is 0 Å². The van der Waals surface area contributed by atoms with Crippen molar-refractivity contribution in [3.63, 3.8) is 0 Å². The Morgan fingerprint density at radius 1 is 1.22 bits per heavy atom. The Balaban J connectivity index is 1.90. The number of benzene rings is 1. The number of morpholine rings is 1. The van der Waals surface area contributed by atoms with Crippen molar-refractivity contribution >= 4 is 23.5 Å². The van der Waals surface area contributed by atoms with Crippen LogP contribution in [0.1, 0.15) is 10.4 Å². The van der Waals surface area contributed by atoms with Crippen molar-refractivity contribution in [1.29, 1.82) is 0 Å². The molecule has 1 aromatic carbocycles. The van der Waals surface area contributed by atoms with Gasteiger partial charge in [0.15, 0.2) is 6.61 Å². The number of ether oxygens (including phenoxy) is 2. The monoisotopic (exact) mass is 320 g/mol. The molecule has 2 heterocycles. The number of nitrogens with zero attached hydrogens (tertiary/aromatic N) is 2. The minimum Gasteiger partial charge on any atom is -0.482 e. The van der Waals surface area contributed by atoms with E-state index in [1.54, 1.807) is 17.0 Å². The first-order chi connectivity index (χ1) is 11.1. The molecule has 0 unspecified atom stereocenters. The number of carboxylic acid groups (broad SMARTS) is 1. The molecular formula is C15H16N2O6. The molecule has 0 saturated carbocycles. The number of fused-ring (bicyclic) bond motifs is 1. The highest BCUT2D eigenvalue weighted by atomic mass is 16.5. The fourth-order valence-corrected chi connectivity index (χ4v) is 2.59. The van der Waals surface area contributed by atoms with Gasteiger partial charge < -0.3 is 19.5 Å². The van der Waals surface area contributed by atoms with E-state index in [4.69, 9.17) is 14.6 Å². The lowest BCUT2D eigenvalue weighted by Crippen LogP contribution is -2.43. The Hall–Kier alpha value is -2.61. The van der Waals surface area contributed by atoms with Crippen molar-refractivity contribution in [3.8, 4) is 5.75 Å². The third kappa shape index (κ3) is 3.11. The third-order valence-electron chi connectivity index (χ3n) is 3.74. The topological polar surface area (TPSA) is 96.4 Å². The van der Waals surface area contributed by atoms with Crippen LogP contribution in [0.25, 0.3) is 0 Å². The van der Waals surface area contributed by atoms with Gasteiger partial charge in [0.05, 0.1) is 18.9 Å². The number of carbonyl (C=O) groups excluding carboxylic acids is 2. The summed E-state index contributed by atoms with van der Waals surface area (Å²) in [4.78, 5) is 38.2. The van der Waals surface area contributed by atoms with Crippen LogP contribution in [-0.2, 0) is 14.3 Å². The standard InChI is InChI=1S/C15H16N2O6/c18-13-9-23-12-2-1-10(7-11(12)17(13)8-14(19)20)15(21)16-3-5-22-6-4-16/h1-2,7H,3-6,8-9H2,(H,19,20). The van der Waals surface area contributed by atoms with Gasteiger partial charge in [-0.15, -0.1) is 0 Å². The molecule has 1 fully saturated rings. The summed E-state index contributed by atoms with van der Waals surface area (Å²) in [5.74, 6) is -1.36. The number of amides is 2. The predicted molar refractivity (Wildman–Crippen MR) is 78.6 cm³/mol. The lowest BCUT2D eigenvalue weighted by molar-refractivity contribution is -0.137. The fourth-order valence-electron chi connectivity index (χ4n) is 2.59. The lowest BCUT2D eigenvalue weighted by atomic mass is 10.1. The summed E-state index contributed by atoms with van der Waals surface area (Å²) in [5, 5.41) is 8.97. The second kappa shape index (κ2) is 6.25. The molecule has 1 N–H and O–H groups in total. The molecule has 0 spiro atoms. The van der Waals surface area contributed by atoms with Crippen molar-refractivity contribution in [2.45, 2.75) is 0 Å². The van der Waals surface area contributed by atoms with Crippen molar-refractivity contribution in [1.82, 2.24) is 4.90 Å². The molecule has 122 valence electrons. The van der Waals surface area contributed by atoms with Crippen LogP contribution >= 0.6 is 0 Å². The van der Waals surface area contributed by atoms with Crippen molar-refractivity contribution in [3.05, 3.63) is 23.8 Å². The summed E-state index contributed by atoms with van der Waals surface area (Å²) in [6.07, 6.45) is 0. The number of hydrogen-bond acceptors (Lipinski definition) is 5. The molecule has 2 aliphatic rings. The zero-order valence-corrected chi connectivity index (χ0v) is 12.4. The quantitative estimate of drug-likeness (QED) is 0.840. The molecule has 1 saturated heterocycles. The van der Waals surface area contributed by atoms with Crippen LogP contribution in [0.4, 0.5) is 5.69 Å². The van der Waals surface area contributed by atoms with E-state index in [0.29, 0.717) is 43.3 Å². The number of rotatable bonds is 3. The molecule has 2 amide bonds. The highest BCUT2D eigenvalue weighted by Gasteiger charge is 2.29. The third-order valence-corrected chi connectivity index (χ3v) is 3.74. The van der Waals surface area contributed by atoms with Gasteiger partial charge in [-0.05, 0) is 18.2 Å². The highest BCUT2D eigenvalue weighted by Crippen LogP contribution is 2.33. The smallest absolute Gasteiger partial charge is 0.323 e. The lowest BCUT2D eigenvalue weighted by Gasteiger charge is -2.30. The summed E-state index contributed by atoms with van der Waals surface area (Å²) in [6, 6.07) is 4.71. The molecular weight excluding hydrogens is 304 g/mol. The average Bonchev–Trinajstić information content (AvgIpc) is 2.57. The van der Waals surface area contributed by atoms with Crippen molar-refractivity contribution in [2.75, 3.05) is 44.4 Å². The summed E-state index contributed by atoms with van der Waals surface area (Å²) in [5.41, 5.74) is 0.696. The van der Waals surface area contributed by atoms with Crippen molar-refractivity contribution < 1.29 is 29.0 Å². The normalized spacial score (nSPS) is 17.5. The Labute approximate surface area is 132 Å². The summed E-state index contributed by atoms with van der Waals surface area (Å²) in [6.45, 7) is 1.31. The van der Waals surface area contributed by atoms with Gasteiger partial charge in [-0.3, -0.25) is 19.3 Å². The van der Waals surface area contributed by atoms with Crippen molar-refractivity contribution in [2.24, 2.45) is 0 Å². The number of hydrogen-bond donors (Lipinski definition) is 1. The Kier molecular flexibility index (Phi) is 4.16. The van der Waals surface area contributed by atoms with Crippen LogP contribution in [0, 0.1) is 0 Å². The molecule has 0 bridgehead atoms. The summed E-state index contributed by atoms with van der Waals surface area (Å²) >= 11 is 0. The second-order valence-electron chi connectivity index (χ2n) is 5.25. The van der Waals surface area contributed by atoms with Crippen LogP contribution in [0.3, 0.4) is 0 Å². The zero-order chi connectivity index (χ0) is 16.4. The minimum absolute atomic E-state index is 0.176. The maximum atomic E-state index is 12.5. The van der Waals surface area contributed by atoms with E-state index in [1.165, 1.54) is 6.07 Å². The van der Waals surface area contributed by atoms with Gasteiger partial charge in [-0.25, -0.2) is 0 Å². The first-order valence-electron chi connectivity index (χ1n) is 7.22.